The highest BCUT2D eigenvalue weighted by molar-refractivity contribution is 6.04. The van der Waals surface area contributed by atoms with Crippen molar-refractivity contribution >= 4 is 23.2 Å². The van der Waals surface area contributed by atoms with Crippen molar-refractivity contribution in [2.24, 2.45) is 5.92 Å². The smallest absolute Gasteiger partial charge is 0.229 e. The highest BCUT2D eigenvalue weighted by Gasteiger charge is 2.36. The van der Waals surface area contributed by atoms with Crippen LogP contribution in [0.3, 0.4) is 0 Å². The van der Waals surface area contributed by atoms with Crippen LogP contribution < -0.4 is 19.7 Å². The number of rotatable bonds is 5. The zero-order chi connectivity index (χ0) is 18.7. The van der Waals surface area contributed by atoms with E-state index in [1.165, 1.54) is 0 Å². The summed E-state index contributed by atoms with van der Waals surface area (Å²) in [6.07, 6.45) is 0.173. The van der Waals surface area contributed by atoms with Gasteiger partial charge >= 0.3 is 0 Å². The number of carbonyl (C=O) groups excluding carboxylic acids is 2. The van der Waals surface area contributed by atoms with E-state index in [-0.39, 0.29) is 18.2 Å². The van der Waals surface area contributed by atoms with E-state index < -0.39 is 5.92 Å². The first kappa shape index (κ1) is 17.8. The zero-order valence-corrected chi connectivity index (χ0v) is 15.1. The second-order valence-electron chi connectivity index (χ2n) is 6.30. The number of nitrogens with zero attached hydrogens (tertiary/aromatic N) is 1. The van der Waals surface area contributed by atoms with E-state index in [1.54, 1.807) is 37.3 Å². The number of hydrogen-bond acceptors (Lipinski definition) is 4. The molecule has 1 aliphatic rings. The molecule has 2 amide bonds. The number of carbonyl (C=O) groups is 2. The maximum atomic E-state index is 12.6. The number of ether oxygens (including phenoxy) is 2. The molecule has 1 fully saturated rings. The van der Waals surface area contributed by atoms with Crippen LogP contribution in [0.1, 0.15) is 12.0 Å². The van der Waals surface area contributed by atoms with Crippen LogP contribution in [0.5, 0.6) is 11.5 Å². The number of benzene rings is 2. The lowest BCUT2D eigenvalue weighted by atomic mass is 10.1. The number of amides is 2. The molecule has 0 radical (unpaired) electrons. The Morgan fingerprint density at radius 1 is 1.15 bits per heavy atom. The van der Waals surface area contributed by atoms with Gasteiger partial charge in [0.1, 0.15) is 11.5 Å². The number of aryl methyl sites for hydroxylation is 1. The number of hydrogen-bond donors (Lipinski definition) is 1. The summed E-state index contributed by atoms with van der Waals surface area (Å²) in [5.74, 6) is 0.523. The van der Waals surface area contributed by atoms with Crippen molar-refractivity contribution in [1.29, 1.82) is 0 Å². The van der Waals surface area contributed by atoms with E-state index in [2.05, 4.69) is 5.32 Å². The maximum Gasteiger partial charge on any atom is 0.229 e. The second-order valence-corrected chi connectivity index (χ2v) is 6.30. The average molecular weight is 354 g/mol. The van der Waals surface area contributed by atoms with Gasteiger partial charge in [-0.05, 0) is 36.8 Å². The molecule has 2 aromatic rings. The summed E-state index contributed by atoms with van der Waals surface area (Å²) >= 11 is 0. The first-order valence-corrected chi connectivity index (χ1v) is 8.41. The van der Waals surface area contributed by atoms with Crippen LogP contribution in [0.4, 0.5) is 11.4 Å². The third kappa shape index (κ3) is 3.64. The predicted molar refractivity (Wildman–Crippen MR) is 99.8 cm³/mol. The number of anilines is 2. The van der Waals surface area contributed by atoms with Crippen molar-refractivity contribution in [2.75, 3.05) is 31.0 Å². The average Bonchev–Trinajstić information content (AvgIpc) is 3.03. The molecule has 26 heavy (non-hydrogen) atoms. The monoisotopic (exact) mass is 354 g/mol. The Hall–Kier alpha value is -3.02. The second kappa shape index (κ2) is 7.47. The van der Waals surface area contributed by atoms with E-state index in [0.717, 1.165) is 11.3 Å². The lowest BCUT2D eigenvalue weighted by Crippen LogP contribution is -2.28. The highest BCUT2D eigenvalue weighted by atomic mass is 16.5. The molecule has 0 spiro atoms. The highest BCUT2D eigenvalue weighted by Crippen LogP contribution is 2.36. The molecule has 0 saturated carbocycles. The first-order chi connectivity index (χ1) is 12.5. The van der Waals surface area contributed by atoms with E-state index in [4.69, 9.17) is 9.47 Å². The molecule has 2 aromatic carbocycles. The van der Waals surface area contributed by atoms with Gasteiger partial charge in [-0.3, -0.25) is 9.59 Å². The summed E-state index contributed by atoms with van der Waals surface area (Å²) in [5, 5.41) is 2.90. The Labute approximate surface area is 152 Å². The SMILES string of the molecule is COc1ccc(N2CC(C(=O)Nc3cccc(C)c3)CC2=O)c(OC)c1. The lowest BCUT2D eigenvalue weighted by Gasteiger charge is -2.20. The minimum Gasteiger partial charge on any atom is -0.497 e. The molecule has 0 aliphatic carbocycles. The zero-order valence-electron chi connectivity index (χ0n) is 15.1. The Bertz CT molecular complexity index is 834. The third-order valence-corrected chi connectivity index (χ3v) is 4.46. The van der Waals surface area contributed by atoms with Crippen molar-refractivity contribution in [3.63, 3.8) is 0 Å². The fourth-order valence-electron chi connectivity index (χ4n) is 3.09. The first-order valence-electron chi connectivity index (χ1n) is 8.41. The summed E-state index contributed by atoms with van der Waals surface area (Å²) in [5.41, 5.74) is 2.45. The molecule has 1 heterocycles. The fourth-order valence-corrected chi connectivity index (χ4v) is 3.09. The topological polar surface area (TPSA) is 67.9 Å². The number of methoxy groups -OCH3 is 2. The molecular formula is C20H22N2O4. The van der Waals surface area contributed by atoms with Crippen LogP contribution in [0.25, 0.3) is 0 Å². The standard InChI is InChI=1S/C20H22N2O4/c1-13-5-4-6-15(9-13)21-20(24)14-10-19(23)22(12-14)17-8-7-16(25-2)11-18(17)26-3/h4-9,11,14H,10,12H2,1-3H3,(H,21,24). The molecule has 1 unspecified atom stereocenters. The molecule has 1 atom stereocenters. The van der Waals surface area contributed by atoms with Gasteiger partial charge < -0.3 is 19.7 Å². The molecule has 1 aliphatic heterocycles. The minimum absolute atomic E-state index is 0.0992. The van der Waals surface area contributed by atoms with Gasteiger partial charge in [-0.25, -0.2) is 0 Å². The Morgan fingerprint density at radius 3 is 2.65 bits per heavy atom. The van der Waals surface area contributed by atoms with E-state index in [0.29, 0.717) is 23.7 Å². The molecular weight excluding hydrogens is 332 g/mol. The van der Waals surface area contributed by atoms with Gasteiger partial charge in [0.25, 0.3) is 0 Å². The van der Waals surface area contributed by atoms with Crippen LogP contribution in [0, 0.1) is 12.8 Å². The summed E-state index contributed by atoms with van der Waals surface area (Å²) in [4.78, 5) is 26.6. The van der Waals surface area contributed by atoms with Gasteiger partial charge in [0.15, 0.2) is 0 Å². The van der Waals surface area contributed by atoms with Gasteiger partial charge in [0.05, 0.1) is 25.8 Å². The lowest BCUT2D eigenvalue weighted by molar-refractivity contribution is -0.122. The largest absolute Gasteiger partial charge is 0.497 e. The number of nitrogens with one attached hydrogen (secondary N) is 1. The van der Waals surface area contributed by atoms with Gasteiger partial charge in [-0.15, -0.1) is 0 Å². The van der Waals surface area contributed by atoms with Crippen molar-refractivity contribution in [1.82, 2.24) is 0 Å². The van der Waals surface area contributed by atoms with Crippen molar-refractivity contribution in [3.05, 3.63) is 48.0 Å². The van der Waals surface area contributed by atoms with Gasteiger partial charge in [0, 0.05) is 24.7 Å². The summed E-state index contributed by atoms with van der Waals surface area (Å²) in [6, 6.07) is 12.9. The van der Waals surface area contributed by atoms with Crippen molar-refractivity contribution < 1.29 is 19.1 Å². The van der Waals surface area contributed by atoms with Crippen LogP contribution in [0.2, 0.25) is 0 Å². The molecule has 136 valence electrons. The molecule has 6 heteroatoms. The summed E-state index contributed by atoms with van der Waals surface area (Å²) in [6.45, 7) is 2.28. The van der Waals surface area contributed by atoms with Crippen molar-refractivity contribution in [2.45, 2.75) is 13.3 Å². The molecule has 0 aromatic heterocycles. The van der Waals surface area contributed by atoms with Gasteiger partial charge in [0.2, 0.25) is 11.8 Å². The maximum absolute atomic E-state index is 12.6. The third-order valence-electron chi connectivity index (χ3n) is 4.46. The quantitative estimate of drug-likeness (QED) is 0.896. The Morgan fingerprint density at radius 2 is 1.96 bits per heavy atom. The van der Waals surface area contributed by atoms with Gasteiger partial charge in [-0.1, -0.05) is 12.1 Å². The summed E-state index contributed by atoms with van der Waals surface area (Å²) < 4.78 is 10.6. The molecule has 3 rings (SSSR count). The Balaban J connectivity index is 1.75. The van der Waals surface area contributed by atoms with Crippen LogP contribution in [-0.4, -0.2) is 32.6 Å². The predicted octanol–water partition coefficient (Wildman–Crippen LogP) is 3.00. The van der Waals surface area contributed by atoms with E-state index >= 15 is 0 Å². The van der Waals surface area contributed by atoms with E-state index in [1.807, 2.05) is 31.2 Å². The Kier molecular flexibility index (Phi) is 5.11. The minimum atomic E-state index is -0.408. The summed E-state index contributed by atoms with van der Waals surface area (Å²) in [7, 11) is 3.11. The molecule has 1 N–H and O–H groups in total. The van der Waals surface area contributed by atoms with Crippen LogP contribution in [-0.2, 0) is 9.59 Å². The van der Waals surface area contributed by atoms with E-state index in [9.17, 15) is 9.59 Å². The van der Waals surface area contributed by atoms with Gasteiger partial charge in [-0.2, -0.15) is 0 Å². The van der Waals surface area contributed by atoms with Crippen LogP contribution in [0.15, 0.2) is 42.5 Å². The molecule has 6 nitrogen and oxygen atoms in total. The van der Waals surface area contributed by atoms with Crippen LogP contribution >= 0.6 is 0 Å². The fraction of sp³-hybridized carbons (Fsp3) is 0.300. The normalized spacial score (nSPS) is 16.5. The molecule has 0 bridgehead atoms. The molecule has 1 saturated heterocycles. The van der Waals surface area contributed by atoms with Crippen molar-refractivity contribution in [3.8, 4) is 11.5 Å².